The quantitative estimate of drug-likeness (QED) is 0.375. The van der Waals surface area contributed by atoms with E-state index in [-0.39, 0.29) is 12.5 Å². The molecule has 0 unspecified atom stereocenters. The maximum absolute atomic E-state index is 11.2. The lowest BCUT2D eigenvalue weighted by Crippen LogP contribution is -2.30. The molecular formula is C18H39NO6. The van der Waals surface area contributed by atoms with Gasteiger partial charge in [-0.1, -0.05) is 27.2 Å². The van der Waals surface area contributed by atoms with Crippen molar-refractivity contribution in [3.8, 4) is 0 Å². The monoisotopic (exact) mass is 365 g/mol. The van der Waals surface area contributed by atoms with Crippen LogP contribution < -0.4 is 5.32 Å². The third kappa shape index (κ3) is 25.6. The highest BCUT2D eigenvalue weighted by Gasteiger charge is 1.99. The molecule has 0 aromatic carbocycles. The van der Waals surface area contributed by atoms with Crippen molar-refractivity contribution in [2.45, 2.75) is 40.5 Å². The highest BCUT2D eigenvalue weighted by atomic mass is 16.6. The number of nitrogens with one attached hydrogen (secondary N) is 1. The van der Waals surface area contributed by atoms with E-state index in [2.05, 4.69) is 12.2 Å². The first kappa shape index (κ1) is 26.5. The van der Waals surface area contributed by atoms with Crippen molar-refractivity contribution in [1.29, 1.82) is 0 Å². The fourth-order valence-electron chi connectivity index (χ4n) is 1.52. The molecule has 0 saturated carbocycles. The summed E-state index contributed by atoms with van der Waals surface area (Å²) in [6.07, 6.45) is 2.25. The predicted molar refractivity (Wildman–Crippen MR) is 99.0 cm³/mol. The zero-order chi connectivity index (χ0) is 19.0. The number of ether oxygens (including phenoxy) is 5. The van der Waals surface area contributed by atoms with Crippen molar-refractivity contribution >= 4 is 5.91 Å². The Hall–Kier alpha value is -0.730. The van der Waals surface area contributed by atoms with E-state index in [9.17, 15) is 4.79 Å². The summed E-state index contributed by atoms with van der Waals surface area (Å²) in [5, 5.41) is 2.70. The van der Waals surface area contributed by atoms with Crippen LogP contribution in [0.1, 0.15) is 40.5 Å². The Morgan fingerprint density at radius 1 is 0.720 bits per heavy atom. The van der Waals surface area contributed by atoms with Gasteiger partial charge in [0, 0.05) is 19.8 Å². The standard InChI is InChI=1S/C16H33NO6.C2H6/c1-3-5-7-20-9-11-22-13-14-23-12-10-21-8-6-17-16(18)15-19-4-2;1-2/h3-15H2,1-2H3,(H,17,18);1-2H3. The lowest BCUT2D eigenvalue weighted by molar-refractivity contribution is -0.125. The van der Waals surface area contributed by atoms with Gasteiger partial charge in [-0.15, -0.1) is 0 Å². The molecule has 0 spiro atoms. The smallest absolute Gasteiger partial charge is 0.246 e. The number of hydrogen-bond donors (Lipinski definition) is 1. The van der Waals surface area contributed by atoms with Crippen LogP contribution in [0.25, 0.3) is 0 Å². The molecule has 0 aliphatic heterocycles. The van der Waals surface area contributed by atoms with Gasteiger partial charge < -0.3 is 29.0 Å². The van der Waals surface area contributed by atoms with Crippen molar-refractivity contribution in [1.82, 2.24) is 5.32 Å². The first-order chi connectivity index (χ1) is 12.3. The highest BCUT2D eigenvalue weighted by Crippen LogP contribution is 1.88. The van der Waals surface area contributed by atoms with Gasteiger partial charge in [-0.2, -0.15) is 0 Å². The first-order valence-corrected chi connectivity index (χ1v) is 9.46. The highest BCUT2D eigenvalue weighted by molar-refractivity contribution is 5.77. The van der Waals surface area contributed by atoms with Crippen molar-refractivity contribution in [2.24, 2.45) is 0 Å². The molecule has 25 heavy (non-hydrogen) atoms. The van der Waals surface area contributed by atoms with Crippen LogP contribution in [0.5, 0.6) is 0 Å². The van der Waals surface area contributed by atoms with Gasteiger partial charge in [0.1, 0.15) is 6.61 Å². The van der Waals surface area contributed by atoms with E-state index >= 15 is 0 Å². The van der Waals surface area contributed by atoms with Crippen LogP contribution in [0.4, 0.5) is 0 Å². The number of amides is 1. The summed E-state index contributed by atoms with van der Waals surface area (Å²) >= 11 is 0. The second-order valence-corrected chi connectivity index (χ2v) is 4.79. The summed E-state index contributed by atoms with van der Waals surface area (Å²) in [5.41, 5.74) is 0. The topological polar surface area (TPSA) is 75.3 Å². The third-order valence-corrected chi connectivity index (χ3v) is 2.76. The minimum absolute atomic E-state index is 0.100. The average molecular weight is 366 g/mol. The zero-order valence-electron chi connectivity index (χ0n) is 16.6. The van der Waals surface area contributed by atoms with Crippen molar-refractivity contribution in [3.05, 3.63) is 0 Å². The summed E-state index contributed by atoms with van der Waals surface area (Å²) in [7, 11) is 0. The van der Waals surface area contributed by atoms with Gasteiger partial charge in [-0.05, 0) is 13.3 Å². The molecule has 1 amide bonds. The van der Waals surface area contributed by atoms with Gasteiger partial charge in [0.2, 0.25) is 5.91 Å². The molecule has 0 saturated heterocycles. The fourth-order valence-corrected chi connectivity index (χ4v) is 1.52. The van der Waals surface area contributed by atoms with E-state index < -0.39 is 0 Å². The molecule has 0 aliphatic rings. The van der Waals surface area contributed by atoms with Gasteiger partial charge >= 0.3 is 0 Å². The lowest BCUT2D eigenvalue weighted by atomic mass is 10.4. The second kappa shape index (κ2) is 25.5. The van der Waals surface area contributed by atoms with E-state index in [4.69, 9.17) is 23.7 Å². The number of carbonyl (C=O) groups excluding carboxylic acids is 1. The van der Waals surface area contributed by atoms with Gasteiger partial charge in [0.15, 0.2) is 0 Å². The van der Waals surface area contributed by atoms with Crippen LogP contribution in [-0.2, 0) is 28.5 Å². The molecule has 0 bridgehead atoms. The van der Waals surface area contributed by atoms with E-state index in [1.165, 1.54) is 0 Å². The maximum atomic E-state index is 11.2. The summed E-state index contributed by atoms with van der Waals surface area (Å²) in [4.78, 5) is 11.2. The summed E-state index contributed by atoms with van der Waals surface area (Å²) in [6, 6.07) is 0. The lowest BCUT2D eigenvalue weighted by Gasteiger charge is -2.08. The summed E-state index contributed by atoms with van der Waals surface area (Å²) in [6.45, 7) is 13.7. The molecule has 7 heteroatoms. The van der Waals surface area contributed by atoms with Gasteiger partial charge in [0.25, 0.3) is 0 Å². The molecular weight excluding hydrogens is 326 g/mol. The Bertz CT molecular complexity index is 254. The van der Waals surface area contributed by atoms with Crippen LogP contribution in [-0.4, -0.2) is 78.5 Å². The van der Waals surface area contributed by atoms with Crippen molar-refractivity contribution in [2.75, 3.05) is 72.6 Å². The van der Waals surface area contributed by atoms with Gasteiger partial charge in [0.05, 0.1) is 46.2 Å². The van der Waals surface area contributed by atoms with Crippen LogP contribution in [0.3, 0.4) is 0 Å². The average Bonchev–Trinajstić information content (AvgIpc) is 2.64. The predicted octanol–water partition coefficient (Wildman–Crippen LogP) is 2.03. The Morgan fingerprint density at radius 2 is 1.20 bits per heavy atom. The SMILES string of the molecule is CC.CCCCOCCOCCOCCOCCNC(=O)COCC. The minimum atomic E-state index is -0.123. The summed E-state index contributed by atoms with van der Waals surface area (Å²) < 4.78 is 26.4. The Balaban J connectivity index is 0. The Kier molecular flexibility index (Phi) is 27.0. The third-order valence-electron chi connectivity index (χ3n) is 2.76. The van der Waals surface area contributed by atoms with Crippen molar-refractivity contribution < 1.29 is 28.5 Å². The number of unbranched alkanes of at least 4 members (excludes halogenated alkanes) is 1. The van der Waals surface area contributed by atoms with Gasteiger partial charge in [-0.3, -0.25) is 4.79 Å². The Morgan fingerprint density at radius 3 is 1.68 bits per heavy atom. The van der Waals surface area contributed by atoms with E-state index in [0.29, 0.717) is 59.4 Å². The molecule has 0 aromatic heterocycles. The minimum Gasteiger partial charge on any atom is -0.379 e. The van der Waals surface area contributed by atoms with Crippen LogP contribution in [0.2, 0.25) is 0 Å². The van der Waals surface area contributed by atoms with Crippen LogP contribution in [0.15, 0.2) is 0 Å². The molecule has 0 aliphatic carbocycles. The fraction of sp³-hybridized carbons (Fsp3) is 0.944. The molecule has 152 valence electrons. The van der Waals surface area contributed by atoms with Crippen molar-refractivity contribution in [3.63, 3.8) is 0 Å². The number of rotatable bonds is 18. The first-order valence-electron chi connectivity index (χ1n) is 9.46. The van der Waals surface area contributed by atoms with E-state index in [1.807, 2.05) is 20.8 Å². The number of carbonyl (C=O) groups is 1. The molecule has 0 aromatic rings. The largest absolute Gasteiger partial charge is 0.379 e. The molecule has 0 radical (unpaired) electrons. The van der Waals surface area contributed by atoms with E-state index in [1.54, 1.807) is 0 Å². The maximum Gasteiger partial charge on any atom is 0.246 e. The molecule has 7 nitrogen and oxygen atoms in total. The number of hydrogen-bond acceptors (Lipinski definition) is 6. The Labute approximate surface area is 153 Å². The van der Waals surface area contributed by atoms with Crippen LogP contribution >= 0.6 is 0 Å². The summed E-state index contributed by atoms with van der Waals surface area (Å²) in [5.74, 6) is -0.123. The molecule has 0 rings (SSSR count). The molecule has 0 heterocycles. The normalized spacial score (nSPS) is 10.2. The molecule has 0 atom stereocenters. The molecule has 1 N–H and O–H groups in total. The van der Waals surface area contributed by atoms with E-state index in [0.717, 1.165) is 19.4 Å². The zero-order valence-corrected chi connectivity index (χ0v) is 16.6. The molecule has 0 fully saturated rings. The van der Waals surface area contributed by atoms with Crippen LogP contribution in [0, 0.1) is 0 Å². The van der Waals surface area contributed by atoms with Gasteiger partial charge in [-0.25, -0.2) is 0 Å². The second-order valence-electron chi connectivity index (χ2n) is 4.79.